The Morgan fingerprint density at radius 1 is 1.12 bits per heavy atom. The Labute approximate surface area is 144 Å². The lowest BCUT2D eigenvalue weighted by molar-refractivity contribution is -0.142. The van der Waals surface area contributed by atoms with Crippen LogP contribution in [0.25, 0.3) is 6.08 Å². The minimum absolute atomic E-state index is 0.0835. The largest absolute Gasteiger partial charge is 0.467 e. The van der Waals surface area contributed by atoms with E-state index in [2.05, 4.69) is 10.1 Å². The Morgan fingerprint density at radius 3 is 2.48 bits per heavy atom. The molecule has 0 heterocycles. The summed E-state index contributed by atoms with van der Waals surface area (Å²) in [6.07, 6.45) is 3.72. The third-order valence-electron chi connectivity index (χ3n) is 3.45. The van der Waals surface area contributed by atoms with Gasteiger partial charge in [0.05, 0.1) is 7.11 Å². The molecule has 0 saturated heterocycles. The molecule has 0 aromatic heterocycles. The van der Waals surface area contributed by atoms with Crippen molar-refractivity contribution in [3.63, 3.8) is 0 Å². The van der Waals surface area contributed by atoms with E-state index in [1.165, 1.54) is 7.11 Å². The van der Waals surface area contributed by atoms with Crippen molar-refractivity contribution < 1.29 is 23.1 Å². The van der Waals surface area contributed by atoms with E-state index in [0.717, 1.165) is 23.8 Å². The molecule has 2 rings (SSSR count). The lowest BCUT2D eigenvalue weighted by Crippen LogP contribution is -2.41. The van der Waals surface area contributed by atoms with Crippen LogP contribution in [-0.2, 0) is 9.53 Å². The third kappa shape index (κ3) is 5.24. The molecule has 0 radical (unpaired) electrons. The molecule has 1 amide bonds. The first-order chi connectivity index (χ1) is 12.0. The minimum Gasteiger partial charge on any atom is -0.467 e. The number of halogens is 2. The molecule has 0 aliphatic rings. The second kappa shape index (κ2) is 8.73. The summed E-state index contributed by atoms with van der Waals surface area (Å²) in [5.41, 5.74) is 0.859. The molecular weight excluding hydrogens is 328 g/mol. The summed E-state index contributed by atoms with van der Waals surface area (Å²) in [5, 5.41) is 2.46. The molecule has 0 saturated carbocycles. The molecule has 0 unspecified atom stereocenters. The molecule has 2 aromatic rings. The number of esters is 1. The van der Waals surface area contributed by atoms with Gasteiger partial charge in [0.1, 0.15) is 6.04 Å². The van der Waals surface area contributed by atoms with Crippen molar-refractivity contribution in [3.05, 3.63) is 77.4 Å². The monoisotopic (exact) mass is 345 g/mol. The van der Waals surface area contributed by atoms with Crippen LogP contribution in [0.1, 0.15) is 22.3 Å². The van der Waals surface area contributed by atoms with Crippen molar-refractivity contribution >= 4 is 18.0 Å². The minimum atomic E-state index is -1.13. The molecule has 1 N–H and O–H groups in total. The van der Waals surface area contributed by atoms with E-state index < -0.39 is 29.6 Å². The van der Waals surface area contributed by atoms with Crippen LogP contribution in [0, 0.1) is 11.6 Å². The van der Waals surface area contributed by atoms with Crippen LogP contribution in [0.5, 0.6) is 0 Å². The van der Waals surface area contributed by atoms with Gasteiger partial charge in [0.15, 0.2) is 11.6 Å². The van der Waals surface area contributed by atoms with Gasteiger partial charge in [0.2, 0.25) is 0 Å². The van der Waals surface area contributed by atoms with Crippen LogP contribution in [0.15, 0.2) is 54.6 Å². The zero-order valence-electron chi connectivity index (χ0n) is 13.5. The van der Waals surface area contributed by atoms with Crippen LogP contribution < -0.4 is 5.32 Å². The number of rotatable bonds is 6. The van der Waals surface area contributed by atoms with Crippen LogP contribution in [-0.4, -0.2) is 25.0 Å². The van der Waals surface area contributed by atoms with Gasteiger partial charge in [-0.1, -0.05) is 42.5 Å². The third-order valence-corrected chi connectivity index (χ3v) is 3.45. The standard InChI is InChI=1S/C19H17F2NO3/c1-25-19(24)17(9-5-8-13-6-3-2-4-7-13)22-18(23)14-10-11-15(20)16(21)12-14/h2-8,10-12,17H,9H2,1H3,(H,22,23)/b8-5+/t17-/m1/s1. The smallest absolute Gasteiger partial charge is 0.328 e. The van der Waals surface area contributed by atoms with Crippen molar-refractivity contribution in [2.24, 2.45) is 0 Å². The van der Waals surface area contributed by atoms with E-state index in [-0.39, 0.29) is 12.0 Å². The normalized spacial score (nSPS) is 12.0. The summed E-state index contributed by atoms with van der Waals surface area (Å²) in [5.74, 6) is -3.51. The van der Waals surface area contributed by atoms with E-state index in [0.29, 0.717) is 0 Å². The second-order valence-electron chi connectivity index (χ2n) is 5.23. The molecule has 6 heteroatoms. The van der Waals surface area contributed by atoms with Gasteiger partial charge >= 0.3 is 5.97 Å². The van der Waals surface area contributed by atoms with E-state index in [9.17, 15) is 18.4 Å². The predicted octanol–water partition coefficient (Wildman–Crippen LogP) is 3.34. The van der Waals surface area contributed by atoms with Crippen LogP contribution in [0.2, 0.25) is 0 Å². The van der Waals surface area contributed by atoms with Crippen molar-refractivity contribution in [1.29, 1.82) is 0 Å². The van der Waals surface area contributed by atoms with E-state index in [1.807, 2.05) is 30.3 Å². The maximum Gasteiger partial charge on any atom is 0.328 e. The van der Waals surface area contributed by atoms with E-state index in [4.69, 9.17) is 0 Å². The first-order valence-electron chi connectivity index (χ1n) is 7.56. The molecule has 25 heavy (non-hydrogen) atoms. The predicted molar refractivity (Wildman–Crippen MR) is 89.7 cm³/mol. The first kappa shape index (κ1) is 18.3. The maximum absolute atomic E-state index is 13.2. The van der Waals surface area contributed by atoms with Crippen LogP contribution >= 0.6 is 0 Å². The fourth-order valence-corrected chi connectivity index (χ4v) is 2.14. The first-order valence-corrected chi connectivity index (χ1v) is 7.56. The van der Waals surface area contributed by atoms with Gasteiger partial charge in [-0.05, 0) is 30.2 Å². The molecule has 0 aliphatic carbocycles. The Morgan fingerprint density at radius 2 is 1.84 bits per heavy atom. The highest BCUT2D eigenvalue weighted by Gasteiger charge is 2.21. The number of benzene rings is 2. The van der Waals surface area contributed by atoms with Gasteiger partial charge in [-0.25, -0.2) is 13.6 Å². The topological polar surface area (TPSA) is 55.4 Å². The summed E-state index contributed by atoms with van der Waals surface area (Å²) in [7, 11) is 1.21. The average molecular weight is 345 g/mol. The average Bonchev–Trinajstić information content (AvgIpc) is 2.63. The molecule has 130 valence electrons. The number of carbonyl (C=O) groups is 2. The number of hydrogen-bond donors (Lipinski definition) is 1. The van der Waals surface area contributed by atoms with Gasteiger partial charge in [-0.3, -0.25) is 4.79 Å². The van der Waals surface area contributed by atoms with E-state index >= 15 is 0 Å². The molecule has 0 aliphatic heterocycles. The Hall–Kier alpha value is -3.02. The van der Waals surface area contributed by atoms with Crippen molar-refractivity contribution in [2.75, 3.05) is 7.11 Å². The highest BCUT2D eigenvalue weighted by Crippen LogP contribution is 2.10. The zero-order chi connectivity index (χ0) is 18.2. The van der Waals surface area contributed by atoms with Crippen LogP contribution in [0.4, 0.5) is 8.78 Å². The van der Waals surface area contributed by atoms with Crippen molar-refractivity contribution in [2.45, 2.75) is 12.5 Å². The Bertz CT molecular complexity index is 775. The van der Waals surface area contributed by atoms with Gasteiger partial charge in [-0.2, -0.15) is 0 Å². The Kier molecular flexibility index (Phi) is 6.39. The molecule has 0 bridgehead atoms. The fourth-order valence-electron chi connectivity index (χ4n) is 2.14. The summed E-state index contributed by atoms with van der Waals surface area (Å²) in [6, 6.07) is 11.3. The van der Waals surface area contributed by atoms with Gasteiger partial charge in [0, 0.05) is 5.56 Å². The zero-order valence-corrected chi connectivity index (χ0v) is 13.5. The van der Waals surface area contributed by atoms with Gasteiger partial charge < -0.3 is 10.1 Å². The molecule has 1 atom stereocenters. The number of amides is 1. The SMILES string of the molecule is COC(=O)[C@@H](C/C=C/c1ccccc1)NC(=O)c1ccc(F)c(F)c1. The summed E-state index contributed by atoms with van der Waals surface area (Å²) < 4.78 is 30.9. The maximum atomic E-state index is 13.2. The summed E-state index contributed by atoms with van der Waals surface area (Å²) in [6.45, 7) is 0. The molecule has 4 nitrogen and oxygen atoms in total. The quantitative estimate of drug-likeness (QED) is 0.817. The highest BCUT2D eigenvalue weighted by atomic mass is 19.2. The highest BCUT2D eigenvalue weighted by molar-refractivity contribution is 5.96. The number of hydrogen-bond acceptors (Lipinski definition) is 3. The summed E-state index contributed by atoms with van der Waals surface area (Å²) in [4.78, 5) is 24.0. The fraction of sp³-hybridized carbons (Fsp3) is 0.158. The number of carbonyl (C=O) groups excluding carboxylic acids is 2. The lowest BCUT2D eigenvalue weighted by Gasteiger charge is -2.15. The number of ether oxygens (including phenoxy) is 1. The van der Waals surface area contributed by atoms with Gasteiger partial charge in [0.25, 0.3) is 5.91 Å². The van der Waals surface area contributed by atoms with Crippen molar-refractivity contribution in [3.8, 4) is 0 Å². The second-order valence-corrected chi connectivity index (χ2v) is 5.23. The number of methoxy groups -OCH3 is 1. The van der Waals surface area contributed by atoms with Crippen molar-refractivity contribution in [1.82, 2.24) is 5.32 Å². The molecule has 2 aromatic carbocycles. The molecular formula is C19H17F2NO3. The molecule has 0 fully saturated rings. The number of nitrogens with one attached hydrogen (secondary N) is 1. The van der Waals surface area contributed by atoms with E-state index in [1.54, 1.807) is 12.2 Å². The lowest BCUT2D eigenvalue weighted by atomic mass is 10.1. The van der Waals surface area contributed by atoms with Gasteiger partial charge in [-0.15, -0.1) is 0 Å². The van der Waals surface area contributed by atoms with Crippen LogP contribution in [0.3, 0.4) is 0 Å². The Balaban J connectivity index is 2.06. The summed E-state index contributed by atoms with van der Waals surface area (Å²) >= 11 is 0. The molecule has 0 spiro atoms.